The molecule has 0 radical (unpaired) electrons. The first-order chi connectivity index (χ1) is 10.4. The smallest absolute Gasteiger partial charge is 0.449 e. The quantitative estimate of drug-likeness (QED) is 0.779. The molecule has 2 heterocycles. The standard InChI is InChI=1S/C15H9F3N2O2/c16-15(17,18)13-8-11(21)10-5-4-9(7-12(10)22-13)20-14-3-1-2-6-19-14/h1-8H,(H,19,20). The van der Waals surface area contributed by atoms with Crippen molar-refractivity contribution < 1.29 is 17.6 Å². The molecule has 0 saturated heterocycles. The van der Waals surface area contributed by atoms with Crippen LogP contribution in [0.4, 0.5) is 24.7 Å². The number of benzene rings is 1. The van der Waals surface area contributed by atoms with E-state index in [2.05, 4.69) is 10.3 Å². The molecule has 112 valence electrons. The second-order valence-electron chi connectivity index (χ2n) is 4.52. The molecule has 0 aliphatic carbocycles. The van der Waals surface area contributed by atoms with Gasteiger partial charge in [0.25, 0.3) is 0 Å². The maximum Gasteiger partial charge on any atom is 0.449 e. The van der Waals surface area contributed by atoms with Crippen LogP contribution in [0.25, 0.3) is 11.0 Å². The van der Waals surface area contributed by atoms with Crippen molar-refractivity contribution in [2.45, 2.75) is 6.18 Å². The van der Waals surface area contributed by atoms with Gasteiger partial charge in [-0.1, -0.05) is 6.07 Å². The number of rotatable bonds is 2. The summed E-state index contributed by atoms with van der Waals surface area (Å²) in [7, 11) is 0. The van der Waals surface area contributed by atoms with E-state index in [1.54, 1.807) is 30.5 Å². The Kier molecular flexibility index (Phi) is 3.32. The third-order valence-electron chi connectivity index (χ3n) is 2.95. The summed E-state index contributed by atoms with van der Waals surface area (Å²) in [4.78, 5) is 15.8. The number of alkyl halides is 3. The lowest BCUT2D eigenvalue weighted by atomic mass is 10.2. The zero-order chi connectivity index (χ0) is 15.7. The number of fused-ring (bicyclic) bond motifs is 1. The van der Waals surface area contributed by atoms with Crippen LogP contribution in [0, 0.1) is 0 Å². The highest BCUT2D eigenvalue weighted by molar-refractivity contribution is 5.81. The zero-order valence-corrected chi connectivity index (χ0v) is 11.0. The van der Waals surface area contributed by atoms with Crippen molar-refractivity contribution in [1.82, 2.24) is 4.98 Å². The molecule has 3 rings (SSSR count). The van der Waals surface area contributed by atoms with Crippen molar-refractivity contribution >= 4 is 22.5 Å². The number of halogens is 3. The average molecular weight is 306 g/mol. The maximum absolute atomic E-state index is 12.7. The number of anilines is 2. The van der Waals surface area contributed by atoms with Crippen LogP contribution in [-0.2, 0) is 6.18 Å². The maximum atomic E-state index is 12.7. The van der Waals surface area contributed by atoms with E-state index in [1.165, 1.54) is 12.1 Å². The van der Waals surface area contributed by atoms with Gasteiger partial charge in [-0.3, -0.25) is 4.79 Å². The SMILES string of the molecule is O=c1cc(C(F)(F)F)oc2cc(Nc3ccccn3)ccc12. The minimum Gasteiger partial charge on any atom is -0.451 e. The summed E-state index contributed by atoms with van der Waals surface area (Å²) in [5.41, 5.74) is -0.410. The van der Waals surface area contributed by atoms with Gasteiger partial charge in [0.2, 0.25) is 5.76 Å². The summed E-state index contributed by atoms with van der Waals surface area (Å²) in [6, 6.07) is 9.97. The van der Waals surface area contributed by atoms with Crippen LogP contribution in [-0.4, -0.2) is 4.98 Å². The number of nitrogens with one attached hydrogen (secondary N) is 1. The van der Waals surface area contributed by atoms with Gasteiger partial charge >= 0.3 is 6.18 Å². The van der Waals surface area contributed by atoms with Gasteiger partial charge in [0.1, 0.15) is 11.4 Å². The van der Waals surface area contributed by atoms with Gasteiger partial charge in [-0.05, 0) is 24.3 Å². The molecule has 0 bridgehead atoms. The molecule has 0 saturated carbocycles. The van der Waals surface area contributed by atoms with Crippen molar-refractivity contribution in [3.05, 3.63) is 64.6 Å². The van der Waals surface area contributed by atoms with Crippen LogP contribution >= 0.6 is 0 Å². The summed E-state index contributed by atoms with van der Waals surface area (Å²) in [6.45, 7) is 0. The molecule has 7 heteroatoms. The molecular formula is C15H9F3N2O2. The Morgan fingerprint density at radius 3 is 2.59 bits per heavy atom. The van der Waals surface area contributed by atoms with Crippen LogP contribution in [0.15, 0.2) is 57.9 Å². The molecule has 0 spiro atoms. The van der Waals surface area contributed by atoms with Gasteiger partial charge in [0.15, 0.2) is 5.43 Å². The predicted octanol–water partition coefficient (Wildman–Crippen LogP) is 3.95. The molecule has 0 fully saturated rings. The first-order valence-electron chi connectivity index (χ1n) is 6.27. The fraction of sp³-hybridized carbons (Fsp3) is 0.0667. The highest BCUT2D eigenvalue weighted by atomic mass is 19.4. The van der Waals surface area contributed by atoms with Crippen molar-refractivity contribution in [1.29, 1.82) is 0 Å². The summed E-state index contributed by atoms with van der Waals surface area (Å²) >= 11 is 0. The highest BCUT2D eigenvalue weighted by Gasteiger charge is 2.34. The first kappa shape index (κ1) is 14.1. The van der Waals surface area contributed by atoms with Crippen LogP contribution in [0.1, 0.15) is 5.76 Å². The van der Waals surface area contributed by atoms with E-state index in [0.29, 0.717) is 17.6 Å². The first-order valence-corrected chi connectivity index (χ1v) is 6.27. The Hall–Kier alpha value is -2.83. The van der Waals surface area contributed by atoms with E-state index < -0.39 is 17.4 Å². The van der Waals surface area contributed by atoms with Gasteiger partial charge < -0.3 is 9.73 Å². The third-order valence-corrected chi connectivity index (χ3v) is 2.95. The van der Waals surface area contributed by atoms with E-state index in [1.807, 2.05) is 0 Å². The van der Waals surface area contributed by atoms with E-state index in [4.69, 9.17) is 4.42 Å². The Labute approximate surface area is 122 Å². The summed E-state index contributed by atoms with van der Waals surface area (Å²) < 4.78 is 42.9. The number of pyridine rings is 1. The molecule has 0 unspecified atom stereocenters. The second kappa shape index (κ2) is 5.18. The van der Waals surface area contributed by atoms with Crippen LogP contribution < -0.4 is 10.7 Å². The van der Waals surface area contributed by atoms with E-state index in [-0.39, 0.29) is 11.0 Å². The lowest BCUT2D eigenvalue weighted by Gasteiger charge is -2.08. The number of nitrogens with zero attached hydrogens (tertiary/aromatic N) is 1. The zero-order valence-electron chi connectivity index (χ0n) is 11.0. The molecule has 2 aromatic heterocycles. The summed E-state index contributed by atoms with van der Waals surface area (Å²) in [6.07, 6.45) is -3.14. The lowest BCUT2D eigenvalue weighted by molar-refractivity contribution is -0.152. The largest absolute Gasteiger partial charge is 0.451 e. The molecule has 3 aromatic rings. The van der Waals surface area contributed by atoms with E-state index in [0.717, 1.165) is 0 Å². The minimum absolute atomic E-state index is 0.0829. The number of aromatic nitrogens is 1. The molecule has 0 amide bonds. The number of hydrogen-bond donors (Lipinski definition) is 1. The van der Waals surface area contributed by atoms with Crippen molar-refractivity contribution in [3.63, 3.8) is 0 Å². The minimum atomic E-state index is -4.71. The predicted molar refractivity (Wildman–Crippen MR) is 75.0 cm³/mol. The fourth-order valence-corrected chi connectivity index (χ4v) is 1.96. The molecule has 0 atom stereocenters. The Balaban J connectivity index is 2.07. The molecule has 1 N–H and O–H groups in total. The van der Waals surface area contributed by atoms with Gasteiger partial charge in [-0.25, -0.2) is 4.98 Å². The summed E-state index contributed by atoms with van der Waals surface area (Å²) in [5, 5.41) is 3.00. The monoisotopic (exact) mass is 306 g/mol. The fourth-order valence-electron chi connectivity index (χ4n) is 1.96. The van der Waals surface area contributed by atoms with Gasteiger partial charge in [-0.15, -0.1) is 0 Å². The van der Waals surface area contributed by atoms with Crippen LogP contribution in [0.3, 0.4) is 0 Å². The van der Waals surface area contributed by atoms with E-state index in [9.17, 15) is 18.0 Å². The average Bonchev–Trinajstić information content (AvgIpc) is 2.47. The molecule has 22 heavy (non-hydrogen) atoms. The normalized spacial score (nSPS) is 11.6. The highest BCUT2D eigenvalue weighted by Crippen LogP contribution is 2.30. The molecule has 4 nitrogen and oxygen atoms in total. The van der Waals surface area contributed by atoms with Crippen molar-refractivity contribution in [2.75, 3.05) is 5.32 Å². The Morgan fingerprint density at radius 1 is 1.09 bits per heavy atom. The van der Waals surface area contributed by atoms with Gasteiger partial charge in [0.05, 0.1) is 5.39 Å². The van der Waals surface area contributed by atoms with Gasteiger partial charge in [0, 0.05) is 24.0 Å². The second-order valence-corrected chi connectivity index (χ2v) is 4.52. The molecular weight excluding hydrogens is 297 g/mol. The third kappa shape index (κ3) is 2.78. The number of hydrogen-bond acceptors (Lipinski definition) is 4. The van der Waals surface area contributed by atoms with Crippen molar-refractivity contribution in [2.24, 2.45) is 0 Å². The topological polar surface area (TPSA) is 55.1 Å². The Morgan fingerprint density at radius 2 is 1.91 bits per heavy atom. The lowest BCUT2D eigenvalue weighted by Crippen LogP contribution is -2.10. The summed E-state index contributed by atoms with van der Waals surface area (Å²) in [5.74, 6) is -0.795. The van der Waals surface area contributed by atoms with Gasteiger partial charge in [-0.2, -0.15) is 13.2 Å². The molecule has 0 aliphatic rings. The van der Waals surface area contributed by atoms with Crippen LogP contribution in [0.5, 0.6) is 0 Å². The van der Waals surface area contributed by atoms with Crippen molar-refractivity contribution in [3.8, 4) is 0 Å². The van der Waals surface area contributed by atoms with E-state index >= 15 is 0 Å². The molecule has 1 aromatic carbocycles. The van der Waals surface area contributed by atoms with Crippen LogP contribution in [0.2, 0.25) is 0 Å². The molecule has 0 aliphatic heterocycles. The Bertz CT molecular complexity index is 873.